The number of amides is 1. The van der Waals surface area contributed by atoms with Gasteiger partial charge in [0.05, 0.1) is 28.8 Å². The number of nitrogens with one attached hydrogen (secondary N) is 1. The van der Waals surface area contributed by atoms with Gasteiger partial charge < -0.3 is 10.2 Å². The molecule has 27 heavy (non-hydrogen) atoms. The smallest absolute Gasteiger partial charge is 0.239 e. The largest absolute Gasteiger partial charge is 0.360 e. The summed E-state index contributed by atoms with van der Waals surface area (Å²) in [6.07, 6.45) is 3.95. The minimum Gasteiger partial charge on any atom is -0.360 e. The summed E-state index contributed by atoms with van der Waals surface area (Å²) >= 11 is 12.1. The van der Waals surface area contributed by atoms with Gasteiger partial charge in [-0.25, -0.2) is 0 Å². The molecule has 6 heteroatoms. The number of halogens is 2. The molecule has 0 aliphatic carbocycles. The zero-order chi connectivity index (χ0) is 19.2. The molecule has 0 bridgehead atoms. The predicted molar refractivity (Wildman–Crippen MR) is 114 cm³/mol. The maximum atomic E-state index is 12.1. The van der Waals surface area contributed by atoms with Crippen molar-refractivity contribution < 1.29 is 4.79 Å². The van der Waals surface area contributed by atoms with E-state index in [2.05, 4.69) is 10.2 Å². The van der Waals surface area contributed by atoms with Gasteiger partial charge in [-0.2, -0.15) is 0 Å². The van der Waals surface area contributed by atoms with Crippen molar-refractivity contribution in [1.29, 1.82) is 0 Å². The number of allylic oxidation sites excluding steroid dienone is 1. The molecule has 4 nitrogen and oxygen atoms in total. The van der Waals surface area contributed by atoms with Crippen LogP contribution in [0, 0.1) is 0 Å². The lowest BCUT2D eigenvalue weighted by Gasteiger charge is -2.23. The summed E-state index contributed by atoms with van der Waals surface area (Å²) in [5.74, 6) is 0.0158. The summed E-state index contributed by atoms with van der Waals surface area (Å²) in [7, 11) is 0. The van der Waals surface area contributed by atoms with Gasteiger partial charge in [-0.05, 0) is 36.8 Å². The maximum absolute atomic E-state index is 12.1. The highest BCUT2D eigenvalue weighted by molar-refractivity contribution is 6.42. The number of aliphatic imine (C=N–C) groups is 1. The Balaban J connectivity index is 1.87. The van der Waals surface area contributed by atoms with Crippen LogP contribution in [0.2, 0.25) is 10.0 Å². The fourth-order valence-corrected chi connectivity index (χ4v) is 3.29. The molecular weight excluding hydrogens is 381 g/mol. The number of anilines is 1. The first-order valence-electron chi connectivity index (χ1n) is 8.87. The van der Waals surface area contributed by atoms with E-state index in [0.717, 1.165) is 22.5 Å². The second-order valence-electron chi connectivity index (χ2n) is 6.17. The van der Waals surface area contributed by atoms with E-state index < -0.39 is 0 Å². The number of rotatable bonds is 5. The first kappa shape index (κ1) is 19.5. The van der Waals surface area contributed by atoms with Crippen molar-refractivity contribution in [1.82, 2.24) is 5.32 Å². The molecule has 0 atom stereocenters. The molecule has 2 aromatic rings. The van der Waals surface area contributed by atoms with E-state index in [0.29, 0.717) is 36.2 Å². The van der Waals surface area contributed by atoms with Gasteiger partial charge in [-0.3, -0.25) is 9.79 Å². The van der Waals surface area contributed by atoms with Crippen LogP contribution in [-0.4, -0.2) is 37.8 Å². The molecule has 0 radical (unpaired) electrons. The minimum absolute atomic E-state index is 0.0158. The molecule has 1 N–H and O–H groups in total. The summed E-state index contributed by atoms with van der Waals surface area (Å²) < 4.78 is 0. The van der Waals surface area contributed by atoms with Crippen LogP contribution in [0.25, 0.3) is 6.08 Å². The Morgan fingerprint density at radius 1 is 1.19 bits per heavy atom. The number of para-hydroxylation sites is 1. The number of fused-ring (bicyclic) bond motifs is 1. The number of carbonyl (C=O) groups is 1. The molecule has 0 aromatic heterocycles. The van der Waals surface area contributed by atoms with Gasteiger partial charge in [0, 0.05) is 24.3 Å². The fraction of sp³-hybridized carbons (Fsp3) is 0.238. The average Bonchev–Trinajstić information content (AvgIpc) is 2.83. The minimum atomic E-state index is 0.0158. The Bertz CT molecular complexity index is 893. The van der Waals surface area contributed by atoms with Crippen molar-refractivity contribution in [2.75, 3.05) is 31.1 Å². The van der Waals surface area contributed by atoms with Crippen LogP contribution in [-0.2, 0) is 4.79 Å². The molecular formula is C21H21Cl2N3O. The van der Waals surface area contributed by atoms with E-state index in [1.807, 2.05) is 55.5 Å². The highest BCUT2D eigenvalue weighted by atomic mass is 35.5. The third kappa shape index (κ3) is 4.90. The molecule has 1 aliphatic rings. The standard InChI is InChI=1S/C21H21Cl2N3O/c1-2-24-21(27)14-26-12-11-25-19(16-5-3-4-6-20(16)26)10-8-15-7-9-17(22)18(23)13-15/h3-10,13H,2,11-12,14H2,1H3,(H,24,27)/b10-8+. The highest BCUT2D eigenvalue weighted by Crippen LogP contribution is 2.26. The van der Waals surface area contributed by atoms with Crippen LogP contribution in [0.3, 0.4) is 0 Å². The monoisotopic (exact) mass is 401 g/mol. The Hall–Kier alpha value is -2.30. The van der Waals surface area contributed by atoms with Gasteiger partial charge >= 0.3 is 0 Å². The van der Waals surface area contributed by atoms with Crippen LogP contribution in [0.1, 0.15) is 18.1 Å². The number of benzodiazepines with no additional fused rings is 1. The first-order valence-corrected chi connectivity index (χ1v) is 9.62. The Labute approximate surface area is 169 Å². The van der Waals surface area contributed by atoms with Crippen molar-refractivity contribution in [3.05, 3.63) is 69.7 Å². The van der Waals surface area contributed by atoms with Gasteiger partial charge in [-0.1, -0.05) is 53.5 Å². The predicted octanol–water partition coefficient (Wildman–Crippen LogP) is 4.45. The van der Waals surface area contributed by atoms with E-state index in [4.69, 9.17) is 28.2 Å². The van der Waals surface area contributed by atoms with E-state index in [1.54, 1.807) is 6.07 Å². The number of hydrogen-bond acceptors (Lipinski definition) is 3. The van der Waals surface area contributed by atoms with Crippen LogP contribution >= 0.6 is 23.2 Å². The number of hydrogen-bond donors (Lipinski definition) is 1. The quantitative estimate of drug-likeness (QED) is 0.803. The number of nitrogens with zero attached hydrogens (tertiary/aromatic N) is 2. The van der Waals surface area contributed by atoms with Crippen LogP contribution in [0.4, 0.5) is 5.69 Å². The third-order valence-corrected chi connectivity index (χ3v) is 5.00. The van der Waals surface area contributed by atoms with Gasteiger partial charge in [0.25, 0.3) is 0 Å². The summed E-state index contributed by atoms with van der Waals surface area (Å²) in [6.45, 7) is 4.18. The second kappa shape index (κ2) is 9.07. The molecule has 140 valence electrons. The highest BCUT2D eigenvalue weighted by Gasteiger charge is 2.18. The topological polar surface area (TPSA) is 44.7 Å². The lowest BCUT2D eigenvalue weighted by molar-refractivity contribution is -0.119. The number of likely N-dealkylation sites (N-methyl/N-ethyl adjacent to an activating group) is 1. The van der Waals surface area contributed by atoms with E-state index in [-0.39, 0.29) is 5.91 Å². The van der Waals surface area contributed by atoms with Crippen LogP contribution in [0.15, 0.2) is 53.5 Å². The van der Waals surface area contributed by atoms with E-state index in [1.165, 1.54) is 0 Å². The molecule has 1 aliphatic heterocycles. The molecule has 0 fully saturated rings. The van der Waals surface area contributed by atoms with Gasteiger partial charge in [0.2, 0.25) is 5.91 Å². The molecule has 0 unspecified atom stereocenters. The van der Waals surface area contributed by atoms with E-state index in [9.17, 15) is 4.79 Å². The van der Waals surface area contributed by atoms with E-state index >= 15 is 0 Å². The SMILES string of the molecule is CCNC(=O)CN1CCN=C(/C=C/c2ccc(Cl)c(Cl)c2)c2ccccc21. The first-order chi connectivity index (χ1) is 13.1. The number of benzene rings is 2. The van der Waals surface area contributed by atoms with Crippen molar-refractivity contribution in [3.8, 4) is 0 Å². The molecule has 0 spiro atoms. The second-order valence-corrected chi connectivity index (χ2v) is 6.98. The number of carbonyl (C=O) groups excluding carboxylic acids is 1. The zero-order valence-corrected chi connectivity index (χ0v) is 16.6. The van der Waals surface area contributed by atoms with Crippen molar-refractivity contribution in [2.45, 2.75) is 6.92 Å². The Morgan fingerprint density at radius 2 is 2.00 bits per heavy atom. The van der Waals surface area contributed by atoms with Crippen molar-refractivity contribution in [3.63, 3.8) is 0 Å². The lowest BCUT2D eigenvalue weighted by atomic mass is 10.1. The molecule has 2 aromatic carbocycles. The van der Waals surface area contributed by atoms with Crippen molar-refractivity contribution in [2.24, 2.45) is 4.99 Å². The summed E-state index contributed by atoms with van der Waals surface area (Å²) in [5.41, 5.74) is 3.86. The van der Waals surface area contributed by atoms with Gasteiger partial charge in [-0.15, -0.1) is 0 Å². The van der Waals surface area contributed by atoms with Gasteiger partial charge in [0.1, 0.15) is 0 Å². The van der Waals surface area contributed by atoms with Crippen LogP contribution < -0.4 is 10.2 Å². The molecule has 3 rings (SSSR count). The average molecular weight is 402 g/mol. The maximum Gasteiger partial charge on any atom is 0.239 e. The summed E-state index contributed by atoms with van der Waals surface area (Å²) in [4.78, 5) is 18.9. The van der Waals surface area contributed by atoms with Crippen LogP contribution in [0.5, 0.6) is 0 Å². The summed E-state index contributed by atoms with van der Waals surface area (Å²) in [6, 6.07) is 13.5. The zero-order valence-electron chi connectivity index (χ0n) is 15.1. The molecule has 0 saturated carbocycles. The molecule has 1 heterocycles. The normalized spacial score (nSPS) is 13.9. The lowest BCUT2D eigenvalue weighted by Crippen LogP contribution is -2.38. The third-order valence-electron chi connectivity index (χ3n) is 4.26. The summed E-state index contributed by atoms with van der Waals surface area (Å²) in [5, 5.41) is 3.91. The Kier molecular flexibility index (Phi) is 6.54. The fourth-order valence-electron chi connectivity index (χ4n) is 2.99. The van der Waals surface area contributed by atoms with Crippen molar-refractivity contribution >= 4 is 46.6 Å². The van der Waals surface area contributed by atoms with Gasteiger partial charge in [0.15, 0.2) is 0 Å². The molecule has 0 saturated heterocycles. The molecule has 1 amide bonds. The Morgan fingerprint density at radius 3 is 2.78 bits per heavy atom.